The Kier molecular flexibility index (Phi) is 6.53. The van der Waals surface area contributed by atoms with Crippen LogP contribution in [-0.4, -0.2) is 72.6 Å². The van der Waals surface area contributed by atoms with Crippen molar-refractivity contribution in [3.63, 3.8) is 0 Å². The molecule has 0 aliphatic carbocycles. The summed E-state index contributed by atoms with van der Waals surface area (Å²) in [6.45, 7) is 4.30. The van der Waals surface area contributed by atoms with Crippen LogP contribution in [0, 0.1) is 0 Å². The molecule has 3 aromatic heterocycles. The average Bonchev–Trinajstić information content (AvgIpc) is 3.39. The van der Waals surface area contributed by atoms with E-state index in [2.05, 4.69) is 42.5 Å². The first-order valence-electron chi connectivity index (χ1n) is 10.0. The number of rotatable bonds is 8. The van der Waals surface area contributed by atoms with Gasteiger partial charge >= 0.3 is 0 Å². The minimum Gasteiger partial charge on any atom is -0.365 e. The van der Waals surface area contributed by atoms with E-state index in [1.54, 1.807) is 4.90 Å². The topological polar surface area (TPSA) is 117 Å². The largest absolute Gasteiger partial charge is 0.365 e. The fraction of sp³-hybridized carbons (Fsp3) is 0.421. The Labute approximate surface area is 186 Å². The van der Waals surface area contributed by atoms with Crippen LogP contribution < -0.4 is 10.6 Å². The van der Waals surface area contributed by atoms with Crippen LogP contribution in [0.4, 0.5) is 26.2 Å². The minimum atomic E-state index is -2.50. The Hall–Kier alpha value is -3.22. The first kappa shape index (κ1) is 22.0. The van der Waals surface area contributed by atoms with Gasteiger partial charge < -0.3 is 15.5 Å². The van der Waals surface area contributed by atoms with Crippen LogP contribution in [0.25, 0.3) is 11.0 Å². The second kappa shape index (κ2) is 9.51. The fourth-order valence-electron chi connectivity index (χ4n) is 3.63. The zero-order valence-electron chi connectivity index (χ0n) is 17.4. The maximum atomic E-state index is 12.6. The molecule has 0 spiro atoms. The van der Waals surface area contributed by atoms with E-state index < -0.39 is 13.0 Å². The van der Waals surface area contributed by atoms with Crippen molar-refractivity contribution >= 4 is 46.2 Å². The normalized spacial score (nSPS) is 16.5. The molecule has 0 saturated carbocycles. The number of alkyl halides is 2. The lowest BCUT2D eigenvalue weighted by Gasteiger charge is -2.33. The molecule has 1 fully saturated rings. The highest BCUT2D eigenvalue weighted by Crippen LogP contribution is 2.31. The Bertz CT molecular complexity index is 1120. The van der Waals surface area contributed by atoms with Crippen molar-refractivity contribution < 1.29 is 13.6 Å². The summed E-state index contributed by atoms with van der Waals surface area (Å²) in [7, 11) is 0. The van der Waals surface area contributed by atoms with Gasteiger partial charge in [-0.15, -0.1) is 11.8 Å². The molecule has 13 heteroatoms. The third-order valence-electron chi connectivity index (χ3n) is 5.04. The van der Waals surface area contributed by atoms with E-state index in [4.69, 9.17) is 0 Å². The SMILES string of the molecule is C=CC(=O)N1CCC[C@@H](Nc2nc(Nc3cnn(CC(F)F)c3)nc3[nH]nc(SC)c23)C1. The molecule has 3 N–H and O–H groups in total. The molecule has 0 unspecified atom stereocenters. The number of amides is 1. The molecular formula is C19H23F2N9OS. The highest BCUT2D eigenvalue weighted by molar-refractivity contribution is 7.98. The predicted octanol–water partition coefficient (Wildman–Crippen LogP) is 2.87. The second-order valence-electron chi connectivity index (χ2n) is 7.29. The number of fused-ring (bicyclic) bond motifs is 1. The van der Waals surface area contributed by atoms with Gasteiger partial charge in [0, 0.05) is 25.3 Å². The molecule has 1 aliphatic rings. The first-order chi connectivity index (χ1) is 15.5. The zero-order chi connectivity index (χ0) is 22.7. The van der Waals surface area contributed by atoms with Crippen molar-refractivity contribution in [1.82, 2.24) is 34.8 Å². The lowest BCUT2D eigenvalue weighted by molar-refractivity contribution is -0.127. The third kappa shape index (κ3) is 4.82. The van der Waals surface area contributed by atoms with Crippen molar-refractivity contribution in [2.75, 3.05) is 30.0 Å². The molecule has 10 nitrogen and oxygen atoms in total. The van der Waals surface area contributed by atoms with Crippen LogP contribution in [0.15, 0.2) is 30.1 Å². The van der Waals surface area contributed by atoms with Crippen LogP contribution >= 0.6 is 11.8 Å². The van der Waals surface area contributed by atoms with Crippen molar-refractivity contribution in [3.05, 3.63) is 25.0 Å². The van der Waals surface area contributed by atoms with E-state index in [-0.39, 0.29) is 17.9 Å². The number of H-pyrrole nitrogens is 1. The number of hydrogen-bond acceptors (Lipinski definition) is 8. The van der Waals surface area contributed by atoms with Crippen LogP contribution in [-0.2, 0) is 11.3 Å². The number of carbonyl (C=O) groups is 1. The maximum absolute atomic E-state index is 12.6. The zero-order valence-corrected chi connectivity index (χ0v) is 18.2. The van der Waals surface area contributed by atoms with Crippen LogP contribution in [0.3, 0.4) is 0 Å². The Morgan fingerprint density at radius 2 is 2.31 bits per heavy atom. The molecule has 1 saturated heterocycles. The van der Waals surface area contributed by atoms with Crippen LogP contribution in [0.1, 0.15) is 12.8 Å². The summed E-state index contributed by atoms with van der Waals surface area (Å²) in [5.74, 6) is 0.747. The Morgan fingerprint density at radius 3 is 3.06 bits per heavy atom. The highest BCUT2D eigenvalue weighted by atomic mass is 32.2. The van der Waals surface area contributed by atoms with Gasteiger partial charge in [0.25, 0.3) is 6.43 Å². The first-order valence-corrected chi connectivity index (χ1v) is 11.2. The van der Waals surface area contributed by atoms with Gasteiger partial charge in [0.05, 0.1) is 17.3 Å². The van der Waals surface area contributed by atoms with E-state index in [0.29, 0.717) is 30.2 Å². The lowest BCUT2D eigenvalue weighted by Crippen LogP contribution is -2.44. The molecular weight excluding hydrogens is 440 g/mol. The van der Waals surface area contributed by atoms with Gasteiger partial charge in [-0.05, 0) is 25.2 Å². The predicted molar refractivity (Wildman–Crippen MR) is 118 cm³/mol. The molecule has 0 radical (unpaired) electrons. The minimum absolute atomic E-state index is 0.00278. The molecule has 4 heterocycles. The molecule has 0 aromatic carbocycles. The number of hydrogen-bond donors (Lipinski definition) is 3. The number of nitrogens with zero attached hydrogens (tertiary/aromatic N) is 6. The number of piperidine rings is 1. The summed E-state index contributed by atoms with van der Waals surface area (Å²) in [6.07, 6.45) is 5.38. The van der Waals surface area contributed by atoms with Crippen LogP contribution in [0.2, 0.25) is 0 Å². The van der Waals surface area contributed by atoms with Gasteiger partial charge in [-0.2, -0.15) is 20.2 Å². The number of aromatic nitrogens is 6. The average molecular weight is 464 g/mol. The van der Waals surface area contributed by atoms with Crippen molar-refractivity contribution in [3.8, 4) is 0 Å². The van der Waals surface area contributed by atoms with Crippen molar-refractivity contribution in [2.24, 2.45) is 0 Å². The number of halogens is 2. The fourth-order valence-corrected chi connectivity index (χ4v) is 4.16. The molecule has 1 aliphatic heterocycles. The van der Waals surface area contributed by atoms with E-state index in [1.165, 1.54) is 30.2 Å². The van der Waals surface area contributed by atoms with Gasteiger partial charge in [0.15, 0.2) is 5.65 Å². The molecule has 0 bridgehead atoms. The second-order valence-corrected chi connectivity index (χ2v) is 8.09. The molecule has 170 valence electrons. The number of thioether (sulfide) groups is 1. The van der Waals surface area contributed by atoms with Crippen molar-refractivity contribution in [1.29, 1.82) is 0 Å². The molecule has 32 heavy (non-hydrogen) atoms. The summed E-state index contributed by atoms with van der Waals surface area (Å²) < 4.78 is 26.3. The summed E-state index contributed by atoms with van der Waals surface area (Å²) in [4.78, 5) is 22.9. The van der Waals surface area contributed by atoms with Gasteiger partial charge in [-0.1, -0.05) is 6.58 Å². The molecule has 4 rings (SSSR count). The quantitative estimate of drug-likeness (QED) is 0.345. The number of anilines is 3. The summed E-state index contributed by atoms with van der Waals surface area (Å²) in [6, 6.07) is -0.00278. The van der Waals surface area contributed by atoms with Crippen molar-refractivity contribution in [2.45, 2.75) is 36.9 Å². The summed E-state index contributed by atoms with van der Waals surface area (Å²) in [5, 5.41) is 19.1. The summed E-state index contributed by atoms with van der Waals surface area (Å²) >= 11 is 1.46. The standard InChI is InChI=1S/C19H23F2N9OS/c1-3-14(31)29-6-4-5-11(8-29)23-16-15-17(27-28-18(15)32-2)26-19(25-16)24-12-7-22-30(9-12)10-13(20)21/h3,7,9,11,13H,1,4-6,8,10H2,2H3,(H3,23,24,25,26,27,28)/t11-/m1/s1. The van der Waals surface area contributed by atoms with Crippen LogP contribution in [0.5, 0.6) is 0 Å². The van der Waals surface area contributed by atoms with Gasteiger partial charge in [0.1, 0.15) is 17.4 Å². The maximum Gasteiger partial charge on any atom is 0.257 e. The molecule has 3 aromatic rings. The van der Waals surface area contributed by atoms with E-state index >= 15 is 0 Å². The Balaban J connectivity index is 1.60. The molecule has 1 amide bonds. The third-order valence-corrected chi connectivity index (χ3v) is 5.72. The number of nitrogens with one attached hydrogen (secondary N) is 3. The van der Waals surface area contributed by atoms with E-state index in [9.17, 15) is 13.6 Å². The highest BCUT2D eigenvalue weighted by Gasteiger charge is 2.24. The van der Waals surface area contributed by atoms with E-state index in [0.717, 1.165) is 27.9 Å². The number of aromatic amines is 1. The lowest BCUT2D eigenvalue weighted by atomic mass is 10.1. The Morgan fingerprint density at radius 1 is 1.47 bits per heavy atom. The number of carbonyl (C=O) groups excluding carboxylic acids is 1. The monoisotopic (exact) mass is 463 g/mol. The van der Waals surface area contributed by atoms with Gasteiger partial charge in [0.2, 0.25) is 11.9 Å². The number of likely N-dealkylation sites (tertiary alicyclic amines) is 1. The summed E-state index contributed by atoms with van der Waals surface area (Å²) in [5.41, 5.74) is 1.02. The van der Waals surface area contributed by atoms with E-state index in [1.807, 2.05) is 6.26 Å². The van der Waals surface area contributed by atoms with Gasteiger partial charge in [-0.3, -0.25) is 14.6 Å². The molecule has 1 atom stereocenters. The van der Waals surface area contributed by atoms with Gasteiger partial charge in [-0.25, -0.2) is 8.78 Å². The smallest absolute Gasteiger partial charge is 0.257 e.